The third kappa shape index (κ3) is 3.10. The highest BCUT2D eigenvalue weighted by molar-refractivity contribution is 5.90. The molecule has 2 aromatic carbocycles. The summed E-state index contributed by atoms with van der Waals surface area (Å²) in [6.45, 7) is 6.10. The van der Waals surface area contributed by atoms with Crippen LogP contribution in [-0.4, -0.2) is 17.1 Å². The van der Waals surface area contributed by atoms with Gasteiger partial charge >= 0.3 is 5.97 Å². The van der Waals surface area contributed by atoms with Gasteiger partial charge in [0.25, 0.3) is 0 Å². The number of carbonyl (C=O) groups is 1. The lowest BCUT2D eigenvalue weighted by atomic mass is 9.91. The lowest BCUT2D eigenvalue weighted by Crippen LogP contribution is -2.21. The van der Waals surface area contributed by atoms with Crippen LogP contribution >= 0.6 is 0 Å². The fourth-order valence-electron chi connectivity index (χ4n) is 3.49. The molecule has 0 saturated carbocycles. The first kappa shape index (κ1) is 17.0. The molecule has 3 nitrogen and oxygen atoms in total. The Morgan fingerprint density at radius 2 is 1.84 bits per heavy atom. The molecule has 1 heterocycles. The molecule has 3 heteroatoms. The van der Waals surface area contributed by atoms with Crippen molar-refractivity contribution in [1.82, 2.24) is 4.57 Å². The van der Waals surface area contributed by atoms with E-state index in [1.165, 1.54) is 0 Å². The first-order valence-corrected chi connectivity index (χ1v) is 8.57. The topological polar surface area (TPSA) is 31.2 Å². The Bertz CT molecular complexity index is 893. The van der Waals surface area contributed by atoms with Gasteiger partial charge in [-0.3, -0.25) is 4.79 Å². The van der Waals surface area contributed by atoms with Gasteiger partial charge in [-0.25, -0.2) is 0 Å². The molecule has 1 aromatic heterocycles. The van der Waals surface area contributed by atoms with Gasteiger partial charge in [-0.1, -0.05) is 54.6 Å². The molecular weight excluding hydrogens is 310 g/mol. The zero-order valence-corrected chi connectivity index (χ0v) is 14.7. The van der Waals surface area contributed by atoms with Crippen molar-refractivity contribution in [1.29, 1.82) is 0 Å². The van der Waals surface area contributed by atoms with E-state index in [0.29, 0.717) is 13.0 Å². The van der Waals surface area contributed by atoms with E-state index >= 15 is 0 Å². The molecule has 0 aliphatic carbocycles. The summed E-state index contributed by atoms with van der Waals surface area (Å²) < 4.78 is 7.53. The number of benzene rings is 2. The van der Waals surface area contributed by atoms with E-state index in [4.69, 9.17) is 4.74 Å². The highest BCUT2D eigenvalue weighted by Gasteiger charge is 2.30. The highest BCUT2D eigenvalue weighted by atomic mass is 16.5. The van der Waals surface area contributed by atoms with Crippen molar-refractivity contribution in [3.05, 3.63) is 84.1 Å². The Morgan fingerprint density at radius 3 is 2.52 bits per heavy atom. The van der Waals surface area contributed by atoms with Crippen molar-refractivity contribution < 1.29 is 9.53 Å². The molecule has 0 saturated heterocycles. The molecule has 25 heavy (non-hydrogen) atoms. The van der Waals surface area contributed by atoms with Crippen LogP contribution < -0.4 is 0 Å². The summed E-state index contributed by atoms with van der Waals surface area (Å²) >= 11 is 0. The number of fused-ring (bicyclic) bond motifs is 1. The molecule has 0 N–H and O–H groups in total. The van der Waals surface area contributed by atoms with Crippen molar-refractivity contribution in [3.8, 4) is 0 Å². The molecule has 0 spiro atoms. The van der Waals surface area contributed by atoms with Gasteiger partial charge in [-0.15, -0.1) is 6.58 Å². The second-order valence-electron chi connectivity index (χ2n) is 6.03. The number of rotatable bonds is 6. The number of para-hydroxylation sites is 1. The molecule has 0 radical (unpaired) electrons. The minimum atomic E-state index is -0.450. The summed E-state index contributed by atoms with van der Waals surface area (Å²) in [7, 11) is 2.01. The summed E-state index contributed by atoms with van der Waals surface area (Å²) in [5.74, 6) is -0.668. The number of nitrogens with zero attached hydrogens (tertiary/aromatic N) is 1. The Kier molecular flexibility index (Phi) is 5.03. The van der Waals surface area contributed by atoms with Crippen LogP contribution in [0.2, 0.25) is 0 Å². The number of aryl methyl sites for hydroxylation is 1. The molecule has 3 aromatic rings. The number of ether oxygens (including phenoxy) is 1. The third-order valence-corrected chi connectivity index (χ3v) is 4.54. The average molecular weight is 333 g/mol. The Morgan fingerprint density at radius 1 is 1.16 bits per heavy atom. The van der Waals surface area contributed by atoms with Crippen LogP contribution in [0.1, 0.15) is 29.7 Å². The molecule has 3 rings (SSSR count). The first-order chi connectivity index (χ1) is 12.2. The first-order valence-electron chi connectivity index (χ1n) is 8.57. The van der Waals surface area contributed by atoms with Crippen LogP contribution in [0.4, 0.5) is 0 Å². The van der Waals surface area contributed by atoms with E-state index in [1.54, 1.807) is 0 Å². The van der Waals surface area contributed by atoms with Gasteiger partial charge in [0.05, 0.1) is 6.61 Å². The summed E-state index contributed by atoms with van der Waals surface area (Å²) in [5.41, 5.74) is 4.16. The van der Waals surface area contributed by atoms with E-state index in [0.717, 1.165) is 27.7 Å². The van der Waals surface area contributed by atoms with E-state index in [2.05, 4.69) is 23.3 Å². The maximum Gasteiger partial charge on any atom is 0.319 e. The normalized spacial score (nSPS) is 12.1. The van der Waals surface area contributed by atoms with Crippen LogP contribution in [0.15, 0.2) is 67.3 Å². The molecule has 0 bridgehead atoms. The highest BCUT2D eigenvalue weighted by Crippen LogP contribution is 2.35. The van der Waals surface area contributed by atoms with Crippen LogP contribution in [-0.2, 0) is 23.0 Å². The standard InChI is InChI=1S/C22H23NO2/c1-4-11-18-17-14-9-10-15-19(17)23(3)21(18)20(22(24)25-5-2)16-12-7-6-8-13-16/h4,6-10,12-15,20H,1,5,11H2,2-3H3. The number of hydrogen-bond acceptors (Lipinski definition) is 2. The van der Waals surface area contributed by atoms with Crippen molar-refractivity contribution >= 4 is 16.9 Å². The van der Waals surface area contributed by atoms with E-state index in [1.807, 2.05) is 62.5 Å². The van der Waals surface area contributed by atoms with Gasteiger partial charge in [-0.05, 0) is 30.5 Å². The van der Waals surface area contributed by atoms with Crippen molar-refractivity contribution in [3.63, 3.8) is 0 Å². The number of allylic oxidation sites excluding steroid dienone is 1. The van der Waals surface area contributed by atoms with Gasteiger partial charge in [0.2, 0.25) is 0 Å². The molecule has 0 amide bonds. The monoisotopic (exact) mass is 333 g/mol. The van der Waals surface area contributed by atoms with Gasteiger partial charge in [0.1, 0.15) is 5.92 Å². The van der Waals surface area contributed by atoms with Crippen molar-refractivity contribution in [2.45, 2.75) is 19.3 Å². The van der Waals surface area contributed by atoms with Crippen LogP contribution in [0, 0.1) is 0 Å². The number of esters is 1. The predicted octanol–water partition coefficient (Wildman–Crippen LogP) is 4.60. The SMILES string of the molecule is C=CCc1c(C(C(=O)OCC)c2ccccc2)n(C)c2ccccc12. The Balaban J connectivity index is 2.28. The van der Waals surface area contributed by atoms with Crippen LogP contribution in [0.3, 0.4) is 0 Å². The zero-order chi connectivity index (χ0) is 17.8. The summed E-state index contributed by atoms with van der Waals surface area (Å²) in [5, 5.41) is 1.16. The third-order valence-electron chi connectivity index (χ3n) is 4.54. The van der Waals surface area contributed by atoms with Crippen LogP contribution in [0.5, 0.6) is 0 Å². The Hall–Kier alpha value is -2.81. The smallest absolute Gasteiger partial charge is 0.319 e. The molecule has 0 fully saturated rings. The maximum absolute atomic E-state index is 12.9. The van der Waals surface area contributed by atoms with E-state index in [-0.39, 0.29) is 5.97 Å². The van der Waals surface area contributed by atoms with Gasteiger partial charge < -0.3 is 9.30 Å². The largest absolute Gasteiger partial charge is 0.465 e. The van der Waals surface area contributed by atoms with Crippen LogP contribution in [0.25, 0.3) is 10.9 Å². The zero-order valence-electron chi connectivity index (χ0n) is 14.7. The maximum atomic E-state index is 12.9. The molecule has 0 aliphatic heterocycles. The summed E-state index contributed by atoms with van der Waals surface area (Å²) in [4.78, 5) is 12.9. The van der Waals surface area contributed by atoms with Gasteiger partial charge in [0.15, 0.2) is 0 Å². The molecule has 1 atom stereocenters. The van der Waals surface area contributed by atoms with Gasteiger partial charge in [-0.2, -0.15) is 0 Å². The minimum absolute atomic E-state index is 0.218. The molecule has 1 unspecified atom stereocenters. The van der Waals surface area contributed by atoms with E-state index < -0.39 is 5.92 Å². The predicted molar refractivity (Wildman–Crippen MR) is 102 cm³/mol. The van der Waals surface area contributed by atoms with Gasteiger partial charge in [0, 0.05) is 23.6 Å². The molecular formula is C22H23NO2. The minimum Gasteiger partial charge on any atom is -0.465 e. The quantitative estimate of drug-likeness (QED) is 0.487. The Labute approximate surface area is 148 Å². The lowest BCUT2D eigenvalue weighted by Gasteiger charge is -2.19. The number of aromatic nitrogens is 1. The summed E-state index contributed by atoms with van der Waals surface area (Å²) in [6, 6.07) is 18.1. The van der Waals surface area contributed by atoms with Crippen molar-refractivity contribution in [2.75, 3.05) is 6.61 Å². The number of carbonyl (C=O) groups excluding carboxylic acids is 1. The van der Waals surface area contributed by atoms with Crippen molar-refractivity contribution in [2.24, 2.45) is 7.05 Å². The second kappa shape index (κ2) is 7.39. The fraction of sp³-hybridized carbons (Fsp3) is 0.227. The second-order valence-corrected chi connectivity index (χ2v) is 6.03. The average Bonchev–Trinajstić information content (AvgIpc) is 2.90. The molecule has 0 aliphatic rings. The fourth-order valence-corrected chi connectivity index (χ4v) is 3.49. The summed E-state index contributed by atoms with van der Waals surface area (Å²) in [6.07, 6.45) is 2.60. The lowest BCUT2D eigenvalue weighted by molar-refractivity contribution is -0.144. The number of hydrogen-bond donors (Lipinski definition) is 0. The van der Waals surface area contributed by atoms with E-state index in [9.17, 15) is 4.79 Å². The molecule has 128 valence electrons.